The third-order valence-electron chi connectivity index (χ3n) is 11.4. The Morgan fingerprint density at radius 2 is 1.36 bits per heavy atom. The first-order valence-corrected chi connectivity index (χ1v) is 20.0. The van der Waals surface area contributed by atoms with E-state index in [1.165, 1.54) is 87.9 Å². The van der Waals surface area contributed by atoms with Crippen LogP contribution in [-0.2, 0) is 5.41 Å². The molecule has 0 bridgehead atoms. The van der Waals surface area contributed by atoms with E-state index in [-0.39, 0.29) is 5.41 Å². The van der Waals surface area contributed by atoms with Crippen LogP contribution in [0.25, 0.3) is 81.9 Å². The Morgan fingerprint density at radius 3 is 2.13 bits per heavy atom. The Bertz CT molecular complexity index is 2840. The molecule has 9 rings (SSSR count). The summed E-state index contributed by atoms with van der Waals surface area (Å²) in [7, 11) is 0. The Balaban J connectivity index is 1.18. The van der Waals surface area contributed by atoms with Gasteiger partial charge in [-0.3, -0.25) is 0 Å². The molecule has 2 heterocycles. The van der Waals surface area contributed by atoms with Crippen molar-refractivity contribution in [1.29, 1.82) is 0 Å². The van der Waals surface area contributed by atoms with Gasteiger partial charge >= 0.3 is 0 Å². The minimum Gasteiger partial charge on any atom is -0.309 e. The van der Waals surface area contributed by atoms with Crippen LogP contribution in [-0.4, -0.2) is 9.55 Å². The molecule has 2 nitrogen and oxygen atoms in total. The number of allylic oxidation sites excluding steroid dienone is 5. The highest BCUT2D eigenvalue weighted by atomic mass is 32.1. The molecule has 268 valence electrons. The Labute approximate surface area is 328 Å². The molecule has 1 aliphatic rings. The highest BCUT2D eigenvalue weighted by molar-refractivity contribution is 7.18. The standard InChI is InChI=1S/C52H44N2S/c1-7-15-39(16-8-2)54-48-26-24-38(28-43(48)44-30-42-41-21-12-13-22-46(41)52(5,6)47(42)31-49(44)54)36-20-14-19-35(27-36)37-23-25-40(33(3)4)45(29-37)51-53-32-50(55-51)34-17-10-9-11-18-34/h7-33H,1H2,2-6H3/b16-8-,39-15+. The molecule has 0 saturated heterocycles. The molecule has 2 aromatic heterocycles. The quantitative estimate of drug-likeness (QED) is 0.142. The summed E-state index contributed by atoms with van der Waals surface area (Å²) in [4.78, 5) is 6.13. The van der Waals surface area contributed by atoms with Crippen LogP contribution < -0.4 is 0 Å². The Morgan fingerprint density at radius 1 is 0.673 bits per heavy atom. The molecule has 55 heavy (non-hydrogen) atoms. The van der Waals surface area contributed by atoms with Crippen LogP contribution in [0.4, 0.5) is 0 Å². The van der Waals surface area contributed by atoms with E-state index in [4.69, 9.17) is 4.98 Å². The lowest BCUT2D eigenvalue weighted by Gasteiger charge is -2.21. The number of hydrogen-bond donors (Lipinski definition) is 0. The van der Waals surface area contributed by atoms with Crippen LogP contribution in [0.1, 0.15) is 57.2 Å². The second-order valence-electron chi connectivity index (χ2n) is 15.4. The minimum absolute atomic E-state index is 0.0904. The number of fused-ring (bicyclic) bond motifs is 6. The van der Waals surface area contributed by atoms with E-state index in [0.717, 1.165) is 10.7 Å². The maximum atomic E-state index is 4.94. The SMILES string of the molecule is C=C/C=C(\C=C/C)n1c2ccc(-c3cccc(-c4ccc(C(C)C)c(-c5ncc(-c6ccccc6)s5)c4)c3)cc2c2cc3c(cc21)C(C)(C)c1ccccc1-3. The summed E-state index contributed by atoms with van der Waals surface area (Å²) in [6.45, 7) is 15.4. The van der Waals surface area contributed by atoms with Crippen molar-refractivity contribution in [2.45, 2.75) is 46.0 Å². The van der Waals surface area contributed by atoms with Crippen molar-refractivity contribution in [3.05, 3.63) is 181 Å². The van der Waals surface area contributed by atoms with Crippen molar-refractivity contribution in [3.63, 3.8) is 0 Å². The highest BCUT2D eigenvalue weighted by Gasteiger charge is 2.36. The lowest BCUT2D eigenvalue weighted by atomic mass is 9.82. The smallest absolute Gasteiger partial charge is 0.124 e. The highest BCUT2D eigenvalue weighted by Crippen LogP contribution is 2.51. The summed E-state index contributed by atoms with van der Waals surface area (Å²) in [5.41, 5.74) is 17.3. The lowest BCUT2D eigenvalue weighted by Crippen LogP contribution is -2.15. The van der Waals surface area contributed by atoms with Crippen molar-refractivity contribution in [1.82, 2.24) is 9.55 Å². The zero-order chi connectivity index (χ0) is 37.8. The third-order valence-corrected chi connectivity index (χ3v) is 12.4. The first kappa shape index (κ1) is 34.7. The van der Waals surface area contributed by atoms with Crippen LogP contribution in [0.15, 0.2) is 164 Å². The predicted molar refractivity (Wildman–Crippen MR) is 238 cm³/mol. The van der Waals surface area contributed by atoms with E-state index < -0.39 is 0 Å². The summed E-state index contributed by atoms with van der Waals surface area (Å²) in [5, 5.41) is 3.55. The fourth-order valence-electron chi connectivity index (χ4n) is 8.60. The second kappa shape index (κ2) is 13.7. The van der Waals surface area contributed by atoms with Crippen LogP contribution in [0.5, 0.6) is 0 Å². The normalized spacial score (nSPS) is 13.6. The number of benzene rings is 6. The first-order valence-electron chi connectivity index (χ1n) is 19.2. The maximum Gasteiger partial charge on any atom is 0.124 e. The van der Waals surface area contributed by atoms with Gasteiger partial charge in [-0.2, -0.15) is 0 Å². The molecular formula is C52H44N2S. The van der Waals surface area contributed by atoms with Gasteiger partial charge in [0.2, 0.25) is 0 Å². The van der Waals surface area contributed by atoms with Crippen molar-refractivity contribution >= 4 is 38.8 Å². The number of thiazole rings is 1. The first-order chi connectivity index (χ1) is 26.8. The third kappa shape index (κ3) is 5.82. The largest absolute Gasteiger partial charge is 0.309 e. The van der Waals surface area contributed by atoms with E-state index in [0.29, 0.717) is 5.92 Å². The van der Waals surface area contributed by atoms with E-state index in [1.54, 1.807) is 11.3 Å². The molecule has 1 aliphatic carbocycles. The molecule has 6 aromatic carbocycles. The van der Waals surface area contributed by atoms with E-state index in [9.17, 15) is 0 Å². The van der Waals surface area contributed by atoms with Crippen molar-refractivity contribution in [2.24, 2.45) is 0 Å². The van der Waals surface area contributed by atoms with Gasteiger partial charge in [-0.25, -0.2) is 4.98 Å². The topological polar surface area (TPSA) is 17.8 Å². The van der Waals surface area contributed by atoms with E-state index in [2.05, 4.69) is 191 Å². The second-order valence-corrected chi connectivity index (χ2v) is 16.4. The number of hydrogen-bond acceptors (Lipinski definition) is 2. The molecule has 0 unspecified atom stereocenters. The number of nitrogens with zero attached hydrogens (tertiary/aromatic N) is 2. The van der Waals surface area contributed by atoms with Crippen LogP contribution in [0.2, 0.25) is 0 Å². The summed E-state index contributed by atoms with van der Waals surface area (Å²) < 4.78 is 2.41. The minimum atomic E-state index is -0.0904. The summed E-state index contributed by atoms with van der Waals surface area (Å²) in [6.07, 6.45) is 10.3. The van der Waals surface area contributed by atoms with Gasteiger partial charge in [0, 0.05) is 33.6 Å². The molecular weight excluding hydrogens is 685 g/mol. The summed E-state index contributed by atoms with van der Waals surface area (Å²) >= 11 is 1.76. The summed E-state index contributed by atoms with van der Waals surface area (Å²) in [6, 6.07) is 47.2. The maximum absolute atomic E-state index is 4.94. The van der Waals surface area contributed by atoms with Gasteiger partial charge in [0.05, 0.1) is 15.9 Å². The monoisotopic (exact) mass is 728 g/mol. The molecule has 0 aliphatic heterocycles. The fraction of sp³-hybridized carbons (Fsp3) is 0.135. The molecule has 0 spiro atoms. The van der Waals surface area contributed by atoms with Gasteiger partial charge in [0.15, 0.2) is 0 Å². The molecule has 0 saturated carbocycles. The van der Waals surface area contributed by atoms with Crippen molar-refractivity contribution in [3.8, 4) is 54.4 Å². The van der Waals surface area contributed by atoms with E-state index in [1.807, 2.05) is 12.3 Å². The van der Waals surface area contributed by atoms with Crippen LogP contribution >= 0.6 is 11.3 Å². The van der Waals surface area contributed by atoms with Gasteiger partial charge in [0.25, 0.3) is 0 Å². The Hall–Kier alpha value is -6.03. The molecule has 3 heteroatoms. The Kier molecular flexibility index (Phi) is 8.63. The van der Waals surface area contributed by atoms with Crippen molar-refractivity contribution < 1.29 is 0 Å². The van der Waals surface area contributed by atoms with Gasteiger partial charge in [-0.15, -0.1) is 11.3 Å². The fourth-order valence-corrected chi connectivity index (χ4v) is 9.56. The lowest BCUT2D eigenvalue weighted by molar-refractivity contribution is 0.661. The van der Waals surface area contributed by atoms with Gasteiger partial charge in [0.1, 0.15) is 5.01 Å². The predicted octanol–water partition coefficient (Wildman–Crippen LogP) is 15.0. The molecule has 0 atom stereocenters. The van der Waals surface area contributed by atoms with Crippen LogP contribution in [0, 0.1) is 0 Å². The van der Waals surface area contributed by atoms with Gasteiger partial charge in [-0.1, -0.05) is 137 Å². The molecule has 8 aromatic rings. The molecule has 0 radical (unpaired) electrons. The zero-order valence-corrected chi connectivity index (χ0v) is 32.9. The number of aromatic nitrogens is 2. The van der Waals surface area contributed by atoms with Crippen LogP contribution in [0.3, 0.4) is 0 Å². The van der Waals surface area contributed by atoms with E-state index >= 15 is 0 Å². The van der Waals surface area contributed by atoms with Gasteiger partial charge in [-0.05, 0) is 117 Å². The average Bonchev–Trinajstić information content (AvgIpc) is 3.89. The number of rotatable bonds is 8. The molecule has 0 fully saturated rings. The van der Waals surface area contributed by atoms with Gasteiger partial charge < -0.3 is 4.57 Å². The zero-order valence-electron chi connectivity index (χ0n) is 32.1. The summed E-state index contributed by atoms with van der Waals surface area (Å²) in [5.74, 6) is 0.378. The average molecular weight is 729 g/mol. The van der Waals surface area contributed by atoms with Crippen molar-refractivity contribution in [2.75, 3.05) is 0 Å². The molecule has 0 amide bonds. The molecule has 0 N–H and O–H groups in total.